The van der Waals surface area contributed by atoms with Crippen molar-refractivity contribution in [3.63, 3.8) is 0 Å². The molecule has 0 fully saturated rings. The number of benzene rings is 2. The average molecular weight is 276 g/mol. The third-order valence-electron chi connectivity index (χ3n) is 3.22. The Morgan fingerprint density at radius 2 is 2.00 bits per heavy atom. The SMILES string of the molecule is Cn1cc(C#N)c(NC(=O)c2cccc3ccccc23)n1. The lowest BCUT2D eigenvalue weighted by Crippen LogP contribution is -2.13. The van der Waals surface area contributed by atoms with Crippen molar-refractivity contribution in [1.29, 1.82) is 5.26 Å². The normalized spacial score (nSPS) is 10.3. The third kappa shape index (κ3) is 2.35. The smallest absolute Gasteiger partial charge is 0.257 e. The van der Waals surface area contributed by atoms with E-state index in [9.17, 15) is 4.79 Å². The first-order valence-electron chi connectivity index (χ1n) is 6.42. The maximum atomic E-state index is 12.4. The Labute approximate surface area is 121 Å². The minimum Gasteiger partial charge on any atom is -0.304 e. The highest BCUT2D eigenvalue weighted by Crippen LogP contribution is 2.20. The third-order valence-corrected chi connectivity index (χ3v) is 3.22. The number of aryl methyl sites for hydroxylation is 1. The fourth-order valence-corrected chi connectivity index (χ4v) is 2.26. The van der Waals surface area contributed by atoms with E-state index in [0.29, 0.717) is 11.1 Å². The Bertz CT molecular complexity index is 868. The molecule has 1 amide bonds. The van der Waals surface area contributed by atoms with E-state index in [-0.39, 0.29) is 11.7 Å². The predicted molar refractivity (Wildman–Crippen MR) is 79.8 cm³/mol. The van der Waals surface area contributed by atoms with Crippen molar-refractivity contribution in [2.75, 3.05) is 5.32 Å². The molecule has 102 valence electrons. The van der Waals surface area contributed by atoms with E-state index >= 15 is 0 Å². The Hall–Kier alpha value is -3.13. The molecule has 3 rings (SSSR count). The standard InChI is InChI=1S/C16H12N4O/c1-20-10-12(9-17)15(19-20)18-16(21)14-8-4-6-11-5-2-3-7-13(11)14/h2-8,10H,1H3,(H,18,19,21). The van der Waals surface area contributed by atoms with Gasteiger partial charge >= 0.3 is 0 Å². The molecule has 5 nitrogen and oxygen atoms in total. The van der Waals surface area contributed by atoms with Gasteiger partial charge in [0, 0.05) is 18.8 Å². The summed E-state index contributed by atoms with van der Waals surface area (Å²) in [6.07, 6.45) is 1.57. The van der Waals surface area contributed by atoms with Gasteiger partial charge in [-0.05, 0) is 16.8 Å². The lowest BCUT2D eigenvalue weighted by atomic mass is 10.0. The summed E-state index contributed by atoms with van der Waals surface area (Å²) in [5, 5.41) is 17.7. The second-order valence-corrected chi connectivity index (χ2v) is 4.66. The highest BCUT2D eigenvalue weighted by Gasteiger charge is 2.14. The van der Waals surface area contributed by atoms with Crippen molar-refractivity contribution in [3.8, 4) is 6.07 Å². The second kappa shape index (κ2) is 5.10. The molecule has 0 bridgehead atoms. The van der Waals surface area contributed by atoms with Gasteiger partial charge in [0.2, 0.25) is 0 Å². The Balaban J connectivity index is 2.00. The van der Waals surface area contributed by atoms with Gasteiger partial charge in [-0.25, -0.2) is 0 Å². The summed E-state index contributed by atoms with van der Waals surface area (Å²) in [6.45, 7) is 0. The van der Waals surface area contributed by atoms with Crippen LogP contribution in [0, 0.1) is 11.3 Å². The number of carbonyl (C=O) groups is 1. The molecular weight excluding hydrogens is 264 g/mol. The minimum atomic E-state index is -0.276. The average Bonchev–Trinajstić information content (AvgIpc) is 2.86. The number of hydrogen-bond acceptors (Lipinski definition) is 3. The fourth-order valence-electron chi connectivity index (χ4n) is 2.26. The summed E-state index contributed by atoms with van der Waals surface area (Å²) < 4.78 is 1.50. The van der Waals surface area contributed by atoms with Gasteiger partial charge in [0.05, 0.1) is 0 Å². The van der Waals surface area contributed by atoms with Gasteiger partial charge in [-0.3, -0.25) is 9.48 Å². The molecule has 0 aliphatic rings. The van der Waals surface area contributed by atoms with Crippen LogP contribution in [0.5, 0.6) is 0 Å². The molecule has 5 heteroatoms. The van der Waals surface area contributed by atoms with E-state index < -0.39 is 0 Å². The highest BCUT2D eigenvalue weighted by atomic mass is 16.1. The first-order valence-corrected chi connectivity index (χ1v) is 6.42. The van der Waals surface area contributed by atoms with E-state index in [4.69, 9.17) is 5.26 Å². The van der Waals surface area contributed by atoms with Crippen LogP contribution < -0.4 is 5.32 Å². The molecule has 1 aromatic heterocycles. The van der Waals surface area contributed by atoms with Crippen molar-refractivity contribution in [3.05, 3.63) is 59.8 Å². The van der Waals surface area contributed by atoms with Crippen molar-refractivity contribution in [2.24, 2.45) is 7.05 Å². The number of carbonyl (C=O) groups excluding carboxylic acids is 1. The summed E-state index contributed by atoms with van der Waals surface area (Å²) in [6, 6.07) is 15.2. The maximum Gasteiger partial charge on any atom is 0.257 e. The Morgan fingerprint density at radius 3 is 2.81 bits per heavy atom. The van der Waals surface area contributed by atoms with Crippen LogP contribution in [-0.2, 0) is 7.05 Å². The number of aromatic nitrogens is 2. The molecule has 0 spiro atoms. The summed E-state index contributed by atoms with van der Waals surface area (Å²) >= 11 is 0. The van der Waals surface area contributed by atoms with Crippen molar-refractivity contribution in [2.45, 2.75) is 0 Å². The largest absolute Gasteiger partial charge is 0.304 e. The van der Waals surface area contributed by atoms with E-state index in [0.717, 1.165) is 10.8 Å². The highest BCUT2D eigenvalue weighted by molar-refractivity contribution is 6.12. The molecule has 0 atom stereocenters. The molecule has 1 heterocycles. The summed E-state index contributed by atoms with van der Waals surface area (Å²) in [5.74, 6) is -0.0000609. The molecule has 0 aliphatic carbocycles. The second-order valence-electron chi connectivity index (χ2n) is 4.66. The molecule has 0 radical (unpaired) electrons. The number of anilines is 1. The van der Waals surface area contributed by atoms with E-state index in [2.05, 4.69) is 10.4 Å². The van der Waals surface area contributed by atoms with Gasteiger partial charge < -0.3 is 5.32 Å². The van der Waals surface area contributed by atoms with Gasteiger partial charge in [-0.1, -0.05) is 36.4 Å². The van der Waals surface area contributed by atoms with E-state index in [1.54, 1.807) is 19.3 Å². The van der Waals surface area contributed by atoms with Crippen LogP contribution in [0.15, 0.2) is 48.7 Å². The molecule has 3 aromatic rings. The zero-order valence-corrected chi connectivity index (χ0v) is 11.4. The zero-order chi connectivity index (χ0) is 14.8. The first-order chi connectivity index (χ1) is 10.2. The number of nitrogens with one attached hydrogen (secondary N) is 1. The first kappa shape index (κ1) is 12.9. The van der Waals surface area contributed by atoms with E-state index in [1.807, 2.05) is 42.5 Å². The topological polar surface area (TPSA) is 70.7 Å². The summed E-state index contributed by atoms with van der Waals surface area (Å²) in [4.78, 5) is 12.4. The molecular formula is C16H12N4O. The molecule has 0 saturated heterocycles. The van der Waals surface area contributed by atoms with Crippen LogP contribution in [-0.4, -0.2) is 15.7 Å². The van der Waals surface area contributed by atoms with Crippen LogP contribution in [0.25, 0.3) is 10.8 Å². The summed E-state index contributed by atoms with van der Waals surface area (Å²) in [5.41, 5.74) is 0.897. The molecule has 0 aliphatic heterocycles. The quantitative estimate of drug-likeness (QED) is 0.782. The molecule has 0 saturated carbocycles. The van der Waals surface area contributed by atoms with Crippen LogP contribution >= 0.6 is 0 Å². The van der Waals surface area contributed by atoms with Gasteiger partial charge in [0.1, 0.15) is 11.6 Å². The molecule has 2 aromatic carbocycles. The number of nitriles is 1. The number of rotatable bonds is 2. The van der Waals surface area contributed by atoms with Crippen molar-refractivity contribution >= 4 is 22.5 Å². The van der Waals surface area contributed by atoms with E-state index in [1.165, 1.54) is 4.68 Å². The number of amides is 1. The summed E-state index contributed by atoms with van der Waals surface area (Å²) in [7, 11) is 1.70. The van der Waals surface area contributed by atoms with Gasteiger partial charge in [-0.15, -0.1) is 0 Å². The Kier molecular flexibility index (Phi) is 3.13. The van der Waals surface area contributed by atoms with Crippen LogP contribution in [0.1, 0.15) is 15.9 Å². The van der Waals surface area contributed by atoms with Crippen LogP contribution in [0.2, 0.25) is 0 Å². The van der Waals surface area contributed by atoms with Crippen LogP contribution in [0.4, 0.5) is 5.82 Å². The van der Waals surface area contributed by atoms with Crippen LogP contribution in [0.3, 0.4) is 0 Å². The number of fused-ring (bicyclic) bond motifs is 1. The zero-order valence-electron chi connectivity index (χ0n) is 11.4. The predicted octanol–water partition coefficient (Wildman–Crippen LogP) is 2.70. The van der Waals surface area contributed by atoms with Gasteiger partial charge in [0.15, 0.2) is 5.82 Å². The molecule has 1 N–H and O–H groups in total. The minimum absolute atomic E-state index is 0.276. The lowest BCUT2D eigenvalue weighted by molar-refractivity contribution is 0.102. The lowest BCUT2D eigenvalue weighted by Gasteiger charge is -2.06. The number of nitrogens with zero attached hydrogens (tertiary/aromatic N) is 3. The van der Waals surface area contributed by atoms with Gasteiger partial charge in [0.25, 0.3) is 5.91 Å². The Morgan fingerprint density at radius 1 is 1.24 bits per heavy atom. The maximum absolute atomic E-state index is 12.4. The number of hydrogen-bond donors (Lipinski definition) is 1. The molecule has 0 unspecified atom stereocenters. The van der Waals surface area contributed by atoms with Crippen molar-refractivity contribution < 1.29 is 4.79 Å². The van der Waals surface area contributed by atoms with Crippen molar-refractivity contribution in [1.82, 2.24) is 9.78 Å². The fraction of sp³-hybridized carbons (Fsp3) is 0.0625. The monoisotopic (exact) mass is 276 g/mol. The van der Waals surface area contributed by atoms with Gasteiger partial charge in [-0.2, -0.15) is 10.4 Å². The molecule has 21 heavy (non-hydrogen) atoms.